The number of hydrogen-bond donors (Lipinski definition) is 2. The van der Waals surface area contributed by atoms with Crippen molar-refractivity contribution in [1.29, 1.82) is 0 Å². The van der Waals surface area contributed by atoms with Crippen LogP contribution in [0.1, 0.15) is 11.3 Å². The van der Waals surface area contributed by atoms with Crippen LogP contribution in [-0.4, -0.2) is 48.0 Å². The van der Waals surface area contributed by atoms with Crippen molar-refractivity contribution < 1.29 is 22.8 Å². The molecule has 2 N–H and O–H groups in total. The minimum absolute atomic E-state index is 0.0671. The molecule has 1 aliphatic rings. The third-order valence-corrected chi connectivity index (χ3v) is 6.40. The summed E-state index contributed by atoms with van der Waals surface area (Å²) >= 11 is 7.11. The molecule has 4 rings (SSSR count). The second kappa shape index (κ2) is 10.5. The Kier molecular flexibility index (Phi) is 7.46. The van der Waals surface area contributed by atoms with Crippen molar-refractivity contribution in [3.8, 4) is 0 Å². The van der Waals surface area contributed by atoms with Crippen LogP contribution in [0, 0.1) is 0 Å². The molecule has 35 heavy (non-hydrogen) atoms. The summed E-state index contributed by atoms with van der Waals surface area (Å²) in [6, 6.07) is 11.4. The van der Waals surface area contributed by atoms with Gasteiger partial charge in [0.1, 0.15) is 0 Å². The van der Waals surface area contributed by atoms with E-state index < -0.39 is 17.8 Å². The molecule has 0 radical (unpaired) electrons. The quantitative estimate of drug-likeness (QED) is 0.472. The van der Waals surface area contributed by atoms with E-state index in [1.54, 1.807) is 40.6 Å². The molecular weight excluding hydrogens is 503 g/mol. The predicted molar refractivity (Wildman–Crippen MR) is 130 cm³/mol. The second-order valence-electron chi connectivity index (χ2n) is 7.83. The third-order valence-electron chi connectivity index (χ3n) is 5.36. The van der Waals surface area contributed by atoms with Gasteiger partial charge in [0.25, 0.3) is 0 Å². The number of nitrogens with one attached hydrogen (secondary N) is 2. The highest BCUT2D eigenvalue weighted by molar-refractivity contribution is 7.14. The predicted octanol–water partition coefficient (Wildman–Crippen LogP) is 5.35. The van der Waals surface area contributed by atoms with E-state index in [1.807, 2.05) is 4.90 Å². The van der Waals surface area contributed by atoms with Crippen molar-refractivity contribution in [1.82, 2.24) is 9.88 Å². The van der Waals surface area contributed by atoms with Crippen molar-refractivity contribution >= 4 is 51.4 Å². The lowest BCUT2D eigenvalue weighted by Crippen LogP contribution is -2.49. The van der Waals surface area contributed by atoms with Crippen molar-refractivity contribution in [2.24, 2.45) is 0 Å². The number of urea groups is 1. The number of anilines is 3. The molecule has 2 aromatic carbocycles. The van der Waals surface area contributed by atoms with Gasteiger partial charge in [-0.1, -0.05) is 23.7 Å². The molecule has 3 amide bonds. The maximum atomic E-state index is 13.0. The Bertz CT molecular complexity index is 1210. The number of alkyl halides is 3. The Hall–Kier alpha value is -3.31. The van der Waals surface area contributed by atoms with Crippen LogP contribution in [0.5, 0.6) is 0 Å². The normalized spacial score (nSPS) is 14.1. The van der Waals surface area contributed by atoms with Crippen LogP contribution in [0.25, 0.3) is 0 Å². The van der Waals surface area contributed by atoms with Crippen LogP contribution >= 0.6 is 22.9 Å². The second-order valence-corrected chi connectivity index (χ2v) is 9.12. The number of hydrogen-bond acceptors (Lipinski definition) is 5. The molecule has 0 bridgehead atoms. The number of halogens is 4. The first-order valence-electron chi connectivity index (χ1n) is 10.7. The van der Waals surface area contributed by atoms with E-state index in [0.29, 0.717) is 53.4 Å². The number of aromatic nitrogens is 1. The minimum atomic E-state index is -4.40. The third kappa shape index (κ3) is 6.64. The monoisotopic (exact) mass is 523 g/mol. The Balaban J connectivity index is 1.27. The van der Waals surface area contributed by atoms with E-state index in [4.69, 9.17) is 11.6 Å². The molecule has 0 aliphatic carbocycles. The van der Waals surface area contributed by atoms with Gasteiger partial charge < -0.3 is 15.1 Å². The highest BCUT2D eigenvalue weighted by Gasteiger charge is 2.31. The summed E-state index contributed by atoms with van der Waals surface area (Å²) in [6.07, 6.45) is -4.33. The van der Waals surface area contributed by atoms with Gasteiger partial charge in [0.2, 0.25) is 5.91 Å². The summed E-state index contributed by atoms with van der Waals surface area (Å²) in [4.78, 5) is 32.7. The lowest BCUT2D eigenvalue weighted by Gasteiger charge is -2.36. The highest BCUT2D eigenvalue weighted by Crippen LogP contribution is 2.32. The van der Waals surface area contributed by atoms with Gasteiger partial charge >= 0.3 is 12.2 Å². The average Bonchev–Trinajstić information content (AvgIpc) is 3.25. The zero-order chi connectivity index (χ0) is 25.0. The lowest BCUT2D eigenvalue weighted by molar-refractivity contribution is -0.137. The number of amides is 3. The van der Waals surface area contributed by atoms with Crippen LogP contribution in [-0.2, 0) is 17.4 Å². The maximum Gasteiger partial charge on any atom is 0.416 e. The largest absolute Gasteiger partial charge is 0.416 e. The maximum absolute atomic E-state index is 13.0. The molecule has 0 saturated carbocycles. The summed E-state index contributed by atoms with van der Waals surface area (Å²) in [5.41, 5.74) is 0.852. The minimum Gasteiger partial charge on any atom is -0.368 e. The average molecular weight is 524 g/mol. The Morgan fingerprint density at radius 1 is 1.03 bits per heavy atom. The van der Waals surface area contributed by atoms with Gasteiger partial charge in [0.05, 0.1) is 17.7 Å². The van der Waals surface area contributed by atoms with Crippen LogP contribution in [0.2, 0.25) is 5.02 Å². The SMILES string of the molecule is O=C(Nc1cccc(Cl)c1)Nc1nc(CC(=O)N2CCN(c3cccc(C(F)(F)F)c3)CC2)cs1. The van der Waals surface area contributed by atoms with Gasteiger partial charge in [-0.3, -0.25) is 10.1 Å². The van der Waals surface area contributed by atoms with Gasteiger partial charge in [-0.05, 0) is 36.4 Å². The summed E-state index contributed by atoms with van der Waals surface area (Å²) in [7, 11) is 0. The van der Waals surface area contributed by atoms with Crippen LogP contribution in [0.15, 0.2) is 53.9 Å². The van der Waals surface area contributed by atoms with Crippen LogP contribution in [0.4, 0.5) is 34.5 Å². The fourth-order valence-corrected chi connectivity index (χ4v) is 4.53. The van der Waals surface area contributed by atoms with Crippen molar-refractivity contribution in [2.45, 2.75) is 12.6 Å². The lowest BCUT2D eigenvalue weighted by atomic mass is 10.1. The van der Waals surface area contributed by atoms with Gasteiger partial charge in [-0.25, -0.2) is 9.78 Å². The molecule has 12 heteroatoms. The smallest absolute Gasteiger partial charge is 0.368 e. The van der Waals surface area contributed by atoms with Gasteiger partial charge in [-0.2, -0.15) is 13.2 Å². The summed E-state index contributed by atoms with van der Waals surface area (Å²) in [5, 5.41) is 7.82. The number of thiazole rings is 1. The van der Waals surface area contributed by atoms with E-state index in [1.165, 1.54) is 17.4 Å². The van der Waals surface area contributed by atoms with Crippen molar-refractivity contribution in [2.75, 3.05) is 41.7 Å². The van der Waals surface area contributed by atoms with Crippen molar-refractivity contribution in [3.63, 3.8) is 0 Å². The summed E-state index contributed by atoms with van der Waals surface area (Å²) in [5.74, 6) is -0.131. The molecule has 2 heterocycles. The van der Waals surface area contributed by atoms with Gasteiger partial charge in [0, 0.05) is 48.0 Å². The molecule has 1 saturated heterocycles. The number of benzene rings is 2. The molecular formula is C23H21ClF3N5O2S. The molecule has 3 aromatic rings. The van der Waals surface area contributed by atoms with E-state index >= 15 is 0 Å². The topological polar surface area (TPSA) is 77.6 Å². The number of nitrogens with zero attached hydrogens (tertiary/aromatic N) is 3. The van der Waals surface area contributed by atoms with Gasteiger partial charge in [-0.15, -0.1) is 11.3 Å². The van der Waals surface area contributed by atoms with E-state index in [9.17, 15) is 22.8 Å². The standard InChI is InChI=1S/C23H21ClF3N5O2S/c24-16-4-2-5-17(12-16)28-21(34)30-22-29-18(14-35-22)13-20(33)32-9-7-31(8-10-32)19-6-1-3-15(11-19)23(25,26)27/h1-6,11-12,14H,7-10,13H2,(H2,28,29,30,34). The van der Waals surface area contributed by atoms with E-state index in [-0.39, 0.29) is 12.3 Å². The molecule has 0 unspecified atom stereocenters. The molecule has 1 fully saturated rings. The summed E-state index contributed by atoms with van der Waals surface area (Å²) < 4.78 is 39.0. The van der Waals surface area contributed by atoms with E-state index in [0.717, 1.165) is 12.1 Å². The number of carbonyl (C=O) groups is 2. The fourth-order valence-electron chi connectivity index (χ4n) is 3.63. The Labute approximate surface area is 208 Å². The number of carbonyl (C=O) groups excluding carboxylic acids is 2. The zero-order valence-electron chi connectivity index (χ0n) is 18.3. The first-order valence-corrected chi connectivity index (χ1v) is 11.9. The molecule has 1 aliphatic heterocycles. The van der Waals surface area contributed by atoms with Crippen LogP contribution in [0.3, 0.4) is 0 Å². The zero-order valence-corrected chi connectivity index (χ0v) is 19.9. The molecule has 1 aromatic heterocycles. The van der Waals surface area contributed by atoms with Crippen LogP contribution < -0.4 is 15.5 Å². The fraction of sp³-hybridized carbons (Fsp3) is 0.261. The molecule has 0 spiro atoms. The Morgan fingerprint density at radius 2 is 1.77 bits per heavy atom. The molecule has 0 atom stereocenters. The number of piperazine rings is 1. The van der Waals surface area contributed by atoms with Gasteiger partial charge in [0.15, 0.2) is 5.13 Å². The summed E-state index contributed by atoms with van der Waals surface area (Å²) in [6.45, 7) is 1.65. The Morgan fingerprint density at radius 3 is 2.49 bits per heavy atom. The van der Waals surface area contributed by atoms with Crippen molar-refractivity contribution in [3.05, 3.63) is 70.2 Å². The molecule has 184 valence electrons. The first kappa shape index (κ1) is 24.8. The number of rotatable bonds is 5. The van der Waals surface area contributed by atoms with E-state index in [2.05, 4.69) is 15.6 Å². The molecule has 7 nitrogen and oxygen atoms in total. The highest BCUT2D eigenvalue weighted by atomic mass is 35.5. The first-order chi connectivity index (χ1) is 16.7.